The maximum absolute atomic E-state index is 13.2. The lowest BCUT2D eigenvalue weighted by atomic mass is 10.2. The molecule has 0 unspecified atom stereocenters. The molecule has 7 nitrogen and oxygen atoms in total. The summed E-state index contributed by atoms with van der Waals surface area (Å²) in [7, 11) is 0. The van der Waals surface area contributed by atoms with Gasteiger partial charge >= 0.3 is 18.2 Å². The van der Waals surface area contributed by atoms with Gasteiger partial charge in [0.25, 0.3) is 0 Å². The number of hydrogen-bond acceptors (Lipinski definition) is 4. The lowest BCUT2D eigenvalue weighted by molar-refractivity contribution is -0.143. The zero-order chi connectivity index (χ0) is 19.7. The number of benzene rings is 1. The molecule has 2 rings (SSSR count). The van der Waals surface area contributed by atoms with Crippen molar-refractivity contribution in [1.29, 1.82) is 0 Å². The van der Waals surface area contributed by atoms with Crippen LogP contribution in [-0.2, 0) is 10.9 Å². The van der Waals surface area contributed by atoms with Gasteiger partial charge in [-0.1, -0.05) is 0 Å². The van der Waals surface area contributed by atoms with E-state index in [4.69, 9.17) is 9.84 Å². The van der Waals surface area contributed by atoms with Crippen molar-refractivity contribution in [2.75, 3.05) is 5.32 Å². The highest BCUT2D eigenvalue weighted by Crippen LogP contribution is 2.33. The molecule has 2 N–H and O–H groups in total. The van der Waals surface area contributed by atoms with Crippen LogP contribution in [0.25, 0.3) is 5.69 Å². The first kappa shape index (κ1) is 19.3. The quantitative estimate of drug-likeness (QED) is 0.853. The van der Waals surface area contributed by atoms with E-state index in [0.29, 0.717) is 16.6 Å². The van der Waals surface area contributed by atoms with Gasteiger partial charge in [0.15, 0.2) is 5.69 Å². The monoisotopic (exact) mass is 371 g/mol. The molecule has 0 radical (unpaired) electrons. The molecule has 10 heteroatoms. The molecular weight excluding hydrogens is 355 g/mol. The van der Waals surface area contributed by atoms with Gasteiger partial charge < -0.3 is 9.84 Å². The van der Waals surface area contributed by atoms with Crippen LogP contribution in [0.3, 0.4) is 0 Å². The molecule has 0 saturated carbocycles. The van der Waals surface area contributed by atoms with Crippen LogP contribution in [0.4, 0.5) is 23.7 Å². The maximum Gasteiger partial charge on any atom is 0.434 e. The Morgan fingerprint density at radius 2 is 1.73 bits per heavy atom. The van der Waals surface area contributed by atoms with E-state index in [1.54, 1.807) is 20.8 Å². The SMILES string of the molecule is CC(C)(C)OC(=O)Nc1ccc(-n2ncc(C(=O)O)c2C(F)(F)F)cc1. The van der Waals surface area contributed by atoms with E-state index >= 15 is 0 Å². The van der Waals surface area contributed by atoms with Crippen LogP contribution in [-0.4, -0.2) is 32.6 Å². The summed E-state index contributed by atoms with van der Waals surface area (Å²) in [6.45, 7) is 5.06. The predicted octanol–water partition coefficient (Wildman–Crippen LogP) is 3.94. The largest absolute Gasteiger partial charge is 0.478 e. The third-order valence-electron chi connectivity index (χ3n) is 3.03. The van der Waals surface area contributed by atoms with Crippen molar-refractivity contribution in [2.45, 2.75) is 32.5 Å². The number of aromatic carboxylic acids is 1. The fraction of sp³-hybridized carbons (Fsp3) is 0.312. The van der Waals surface area contributed by atoms with Crippen molar-refractivity contribution < 1.29 is 32.6 Å². The lowest BCUT2D eigenvalue weighted by Gasteiger charge is -2.19. The molecule has 0 atom stereocenters. The van der Waals surface area contributed by atoms with E-state index in [9.17, 15) is 22.8 Å². The number of carbonyl (C=O) groups excluding carboxylic acids is 1. The summed E-state index contributed by atoms with van der Waals surface area (Å²) >= 11 is 0. The molecule has 0 saturated heterocycles. The Morgan fingerprint density at radius 1 is 1.15 bits per heavy atom. The number of carboxylic acids is 1. The number of ether oxygens (including phenoxy) is 1. The molecule has 0 fully saturated rings. The van der Waals surface area contributed by atoms with E-state index in [0.717, 1.165) is 0 Å². The Bertz CT molecular complexity index is 821. The molecule has 1 aromatic heterocycles. The number of alkyl halides is 3. The molecule has 140 valence electrons. The summed E-state index contributed by atoms with van der Waals surface area (Å²) in [6.07, 6.45) is -4.98. The van der Waals surface area contributed by atoms with Gasteiger partial charge in [-0.3, -0.25) is 5.32 Å². The molecular formula is C16H16F3N3O4. The molecule has 0 aliphatic rings. The Hall–Kier alpha value is -3.04. The third kappa shape index (κ3) is 4.52. The second-order valence-electron chi connectivity index (χ2n) is 6.30. The van der Waals surface area contributed by atoms with Crippen LogP contribution < -0.4 is 5.32 Å². The van der Waals surface area contributed by atoms with Crippen molar-refractivity contribution in [1.82, 2.24) is 9.78 Å². The van der Waals surface area contributed by atoms with Gasteiger partial charge in [-0.15, -0.1) is 0 Å². The smallest absolute Gasteiger partial charge is 0.434 e. The molecule has 0 spiro atoms. The van der Waals surface area contributed by atoms with Gasteiger partial charge in [-0.25, -0.2) is 14.3 Å². The minimum absolute atomic E-state index is 0.0143. The second kappa shape index (κ2) is 6.70. The lowest BCUT2D eigenvalue weighted by Crippen LogP contribution is -2.27. The minimum Gasteiger partial charge on any atom is -0.478 e. The average Bonchev–Trinajstić information content (AvgIpc) is 2.91. The fourth-order valence-corrected chi connectivity index (χ4v) is 2.08. The van der Waals surface area contributed by atoms with Crippen molar-refractivity contribution in [3.63, 3.8) is 0 Å². The highest BCUT2D eigenvalue weighted by Gasteiger charge is 2.40. The molecule has 1 amide bonds. The van der Waals surface area contributed by atoms with Crippen LogP contribution in [0.5, 0.6) is 0 Å². The molecule has 0 aliphatic carbocycles. The third-order valence-corrected chi connectivity index (χ3v) is 3.03. The first-order chi connectivity index (χ1) is 11.9. The van der Waals surface area contributed by atoms with Crippen LogP contribution in [0.1, 0.15) is 36.8 Å². The molecule has 26 heavy (non-hydrogen) atoms. The number of carbonyl (C=O) groups is 2. The van der Waals surface area contributed by atoms with Gasteiger partial charge in [0.1, 0.15) is 11.2 Å². The maximum atomic E-state index is 13.2. The van der Waals surface area contributed by atoms with Crippen molar-refractivity contribution in [3.8, 4) is 5.69 Å². The second-order valence-corrected chi connectivity index (χ2v) is 6.30. The summed E-state index contributed by atoms with van der Waals surface area (Å²) in [4.78, 5) is 22.7. The normalized spacial score (nSPS) is 11.9. The predicted molar refractivity (Wildman–Crippen MR) is 85.4 cm³/mol. The van der Waals surface area contributed by atoms with E-state index in [1.807, 2.05) is 0 Å². The average molecular weight is 371 g/mol. The standard InChI is InChI=1S/C16H16F3N3O4/c1-15(2,3)26-14(25)21-9-4-6-10(7-5-9)22-12(16(17,18)19)11(8-20-22)13(23)24/h4-8H,1-3H3,(H,21,25)(H,23,24). The first-order valence-electron chi connectivity index (χ1n) is 7.37. The molecule has 0 aliphatic heterocycles. The van der Waals surface area contributed by atoms with E-state index in [1.165, 1.54) is 24.3 Å². The van der Waals surface area contributed by atoms with Gasteiger partial charge in [-0.05, 0) is 45.0 Å². The highest BCUT2D eigenvalue weighted by molar-refractivity contribution is 5.89. The number of nitrogens with one attached hydrogen (secondary N) is 1. The van der Waals surface area contributed by atoms with Crippen LogP contribution in [0.2, 0.25) is 0 Å². The zero-order valence-electron chi connectivity index (χ0n) is 14.1. The van der Waals surface area contributed by atoms with Crippen LogP contribution >= 0.6 is 0 Å². The molecule has 2 aromatic rings. The number of amides is 1. The van der Waals surface area contributed by atoms with Gasteiger partial charge in [0.05, 0.1) is 11.9 Å². The fourth-order valence-electron chi connectivity index (χ4n) is 2.08. The van der Waals surface area contributed by atoms with E-state index < -0.39 is 35.1 Å². The van der Waals surface area contributed by atoms with E-state index in [2.05, 4.69) is 10.4 Å². The van der Waals surface area contributed by atoms with Crippen LogP contribution in [0, 0.1) is 0 Å². The summed E-state index contributed by atoms with van der Waals surface area (Å²) in [5.74, 6) is -1.73. The van der Waals surface area contributed by atoms with Crippen molar-refractivity contribution in [2.24, 2.45) is 0 Å². The number of anilines is 1. The van der Waals surface area contributed by atoms with Crippen molar-refractivity contribution in [3.05, 3.63) is 41.7 Å². The van der Waals surface area contributed by atoms with Gasteiger partial charge in [0, 0.05) is 5.69 Å². The highest BCUT2D eigenvalue weighted by atomic mass is 19.4. The first-order valence-corrected chi connectivity index (χ1v) is 7.37. The zero-order valence-corrected chi connectivity index (χ0v) is 14.1. The summed E-state index contributed by atoms with van der Waals surface area (Å²) in [5, 5.41) is 14.9. The Morgan fingerprint density at radius 3 is 2.19 bits per heavy atom. The van der Waals surface area contributed by atoms with Gasteiger partial charge in [-0.2, -0.15) is 18.3 Å². The molecule has 1 aromatic carbocycles. The van der Waals surface area contributed by atoms with Crippen molar-refractivity contribution >= 4 is 17.7 Å². The number of hydrogen-bond donors (Lipinski definition) is 2. The summed E-state index contributed by atoms with van der Waals surface area (Å²) in [6, 6.07) is 5.23. The minimum atomic E-state index is -4.91. The Kier molecular flexibility index (Phi) is 4.97. The Balaban J connectivity index is 2.29. The Labute approximate surface area is 146 Å². The summed E-state index contributed by atoms with van der Waals surface area (Å²) in [5.41, 5.74) is -2.76. The number of nitrogens with zero attached hydrogens (tertiary/aromatic N) is 2. The molecule has 1 heterocycles. The number of rotatable bonds is 3. The topological polar surface area (TPSA) is 93.5 Å². The van der Waals surface area contributed by atoms with Gasteiger partial charge in [0.2, 0.25) is 0 Å². The number of carboxylic acid groups (broad SMARTS) is 1. The van der Waals surface area contributed by atoms with E-state index in [-0.39, 0.29) is 5.69 Å². The number of aromatic nitrogens is 2. The van der Waals surface area contributed by atoms with Crippen LogP contribution in [0.15, 0.2) is 30.5 Å². The summed E-state index contributed by atoms with van der Waals surface area (Å²) < 4.78 is 45.2. The molecule has 0 bridgehead atoms. The number of halogens is 3.